The van der Waals surface area contributed by atoms with Crippen LogP contribution in [0.2, 0.25) is 0 Å². The quantitative estimate of drug-likeness (QED) is 0.721. The number of esters is 1. The van der Waals surface area contributed by atoms with E-state index in [-0.39, 0.29) is 12.3 Å². The van der Waals surface area contributed by atoms with Gasteiger partial charge in [-0.05, 0) is 33.1 Å². The third kappa shape index (κ3) is 6.64. The number of carbonyl (C=O) groups excluding carboxylic acids is 1. The minimum absolute atomic E-state index is 0.0156. The van der Waals surface area contributed by atoms with Gasteiger partial charge in [-0.1, -0.05) is 20.3 Å². The molecule has 0 saturated heterocycles. The zero-order valence-electron chi connectivity index (χ0n) is 13.9. The highest BCUT2D eigenvalue weighted by atomic mass is 32.2. The molecule has 0 aliphatic carbocycles. The fraction of sp³-hybridized carbons (Fsp3) is 0.929. The number of nitrogens with one attached hydrogen (secondary N) is 1. The van der Waals surface area contributed by atoms with Crippen LogP contribution in [0.1, 0.15) is 47.5 Å². The molecule has 0 aromatic heterocycles. The van der Waals surface area contributed by atoms with Gasteiger partial charge in [-0.15, -0.1) is 0 Å². The second-order valence-electron chi connectivity index (χ2n) is 6.40. The van der Waals surface area contributed by atoms with E-state index < -0.39 is 39.8 Å². The van der Waals surface area contributed by atoms with Crippen molar-refractivity contribution in [3.05, 3.63) is 0 Å². The van der Waals surface area contributed by atoms with Crippen molar-refractivity contribution in [3.63, 3.8) is 0 Å². The summed E-state index contributed by atoms with van der Waals surface area (Å²) in [5, 5.41) is 0. The van der Waals surface area contributed by atoms with Gasteiger partial charge in [0.05, 0.1) is 28.8 Å². The highest BCUT2D eigenvalue weighted by Gasteiger charge is 2.49. The number of halogens is 3. The summed E-state index contributed by atoms with van der Waals surface area (Å²) in [6.45, 7) is 8.29. The number of alkyl halides is 3. The van der Waals surface area contributed by atoms with Crippen molar-refractivity contribution in [1.29, 1.82) is 0 Å². The Balaban J connectivity index is 5.49. The van der Waals surface area contributed by atoms with Gasteiger partial charge >= 0.3 is 12.1 Å². The van der Waals surface area contributed by atoms with E-state index in [0.717, 1.165) is 7.11 Å². The lowest BCUT2D eigenvalue weighted by atomic mass is 9.88. The summed E-state index contributed by atoms with van der Waals surface area (Å²) in [5.74, 6) is -2.45. The molecular formula is C14H26F3NO3S. The molecule has 0 bridgehead atoms. The van der Waals surface area contributed by atoms with Gasteiger partial charge in [-0.25, -0.2) is 8.93 Å². The first kappa shape index (κ1) is 21.4. The van der Waals surface area contributed by atoms with Crippen LogP contribution in [-0.4, -0.2) is 34.3 Å². The van der Waals surface area contributed by atoms with Crippen LogP contribution in [0.15, 0.2) is 0 Å². The number of ether oxygens (including phenoxy) is 1. The van der Waals surface area contributed by atoms with E-state index >= 15 is 0 Å². The van der Waals surface area contributed by atoms with E-state index in [9.17, 15) is 22.2 Å². The molecule has 4 nitrogen and oxygen atoms in total. The van der Waals surface area contributed by atoms with Gasteiger partial charge in [0.1, 0.15) is 6.04 Å². The van der Waals surface area contributed by atoms with E-state index in [0.29, 0.717) is 6.42 Å². The number of hydrogen-bond donors (Lipinski definition) is 1. The Morgan fingerprint density at radius 3 is 2.09 bits per heavy atom. The molecule has 1 N–H and O–H groups in total. The predicted molar refractivity (Wildman–Crippen MR) is 80.5 cm³/mol. The molecule has 4 atom stereocenters. The molecule has 0 amide bonds. The number of methoxy groups -OCH3 is 1. The van der Waals surface area contributed by atoms with Gasteiger partial charge in [0.15, 0.2) is 0 Å². The third-order valence-corrected chi connectivity index (χ3v) is 4.98. The van der Waals surface area contributed by atoms with Gasteiger partial charge in [0, 0.05) is 0 Å². The van der Waals surface area contributed by atoms with E-state index in [1.807, 2.05) is 6.92 Å². The van der Waals surface area contributed by atoms with Crippen molar-refractivity contribution in [3.8, 4) is 0 Å². The van der Waals surface area contributed by atoms with Crippen molar-refractivity contribution < 1.29 is 26.9 Å². The Morgan fingerprint density at radius 1 is 1.27 bits per heavy atom. The minimum atomic E-state index is -4.70. The monoisotopic (exact) mass is 345 g/mol. The normalized spacial score (nSPS) is 18.4. The summed E-state index contributed by atoms with van der Waals surface area (Å²) in [7, 11) is -0.892. The van der Waals surface area contributed by atoms with E-state index in [1.165, 1.54) is 0 Å². The van der Waals surface area contributed by atoms with Crippen molar-refractivity contribution in [2.24, 2.45) is 11.8 Å². The Kier molecular flexibility index (Phi) is 8.05. The lowest BCUT2D eigenvalue weighted by Crippen LogP contribution is -2.54. The maximum Gasteiger partial charge on any atom is 0.405 e. The third-order valence-electron chi connectivity index (χ3n) is 3.40. The van der Waals surface area contributed by atoms with Crippen LogP contribution in [0.5, 0.6) is 0 Å². The molecule has 0 heterocycles. The summed E-state index contributed by atoms with van der Waals surface area (Å²) in [6, 6.07) is -2.20. The molecule has 1 unspecified atom stereocenters. The smallest absolute Gasteiger partial charge is 0.405 e. The molecule has 0 radical (unpaired) electrons. The Labute approximate surface area is 132 Å². The summed E-state index contributed by atoms with van der Waals surface area (Å²) < 4.78 is 57.9. The van der Waals surface area contributed by atoms with E-state index in [2.05, 4.69) is 9.46 Å². The highest BCUT2D eigenvalue weighted by molar-refractivity contribution is 7.84. The van der Waals surface area contributed by atoms with Crippen LogP contribution in [0.3, 0.4) is 0 Å². The second kappa shape index (κ2) is 8.29. The topological polar surface area (TPSA) is 55.4 Å². The number of carbonyl (C=O) groups is 1. The fourth-order valence-corrected chi connectivity index (χ4v) is 2.67. The molecule has 0 fully saturated rings. The van der Waals surface area contributed by atoms with Crippen LogP contribution in [0, 0.1) is 11.8 Å². The highest BCUT2D eigenvalue weighted by Crippen LogP contribution is 2.32. The average Bonchev–Trinajstić information content (AvgIpc) is 2.38. The Hall–Kier alpha value is -0.630. The lowest BCUT2D eigenvalue weighted by molar-refractivity contribution is -0.178. The van der Waals surface area contributed by atoms with Gasteiger partial charge < -0.3 is 4.74 Å². The van der Waals surface area contributed by atoms with E-state index in [4.69, 9.17) is 0 Å². The molecule has 22 heavy (non-hydrogen) atoms. The minimum Gasteiger partial charge on any atom is -0.469 e. The van der Waals surface area contributed by atoms with Crippen LogP contribution in [0.4, 0.5) is 13.2 Å². The first-order chi connectivity index (χ1) is 9.84. The summed E-state index contributed by atoms with van der Waals surface area (Å²) in [5.41, 5.74) is 0. The molecule has 0 aromatic rings. The predicted octanol–water partition coefficient (Wildman–Crippen LogP) is 3.19. The molecule has 0 saturated carbocycles. The largest absolute Gasteiger partial charge is 0.469 e. The van der Waals surface area contributed by atoms with Crippen molar-refractivity contribution in [2.75, 3.05) is 7.11 Å². The summed E-state index contributed by atoms with van der Waals surface area (Å²) >= 11 is 0. The standard InChI is InChI=1S/C14H26F3NO3S/c1-7-9(2)8-10(12(19)21-6)11(14(15,16)17)18-22(20)13(3,4)5/h9-11,18H,7-8H2,1-6H3/t9?,10-,11-,22-/m0/s1. The second-order valence-corrected chi connectivity index (χ2v) is 8.39. The SMILES string of the molecule is CCC(C)C[C@H](C(=O)OC)[C@H](N[S@@](=O)C(C)(C)C)C(F)(F)F. The fourth-order valence-electron chi connectivity index (χ4n) is 1.79. The van der Waals surface area contributed by atoms with Crippen LogP contribution in [-0.2, 0) is 20.5 Å². The first-order valence-electron chi connectivity index (χ1n) is 7.17. The molecule has 0 aliphatic rings. The molecule has 8 heteroatoms. The number of rotatable bonds is 7. The van der Waals surface area contributed by atoms with Crippen molar-refractivity contribution in [2.45, 2.75) is 64.4 Å². The van der Waals surface area contributed by atoms with Crippen molar-refractivity contribution in [1.82, 2.24) is 4.72 Å². The Morgan fingerprint density at radius 2 is 1.77 bits per heavy atom. The molecule has 0 rings (SSSR count). The average molecular weight is 345 g/mol. The lowest BCUT2D eigenvalue weighted by Gasteiger charge is -2.31. The maximum atomic E-state index is 13.4. The van der Waals surface area contributed by atoms with Crippen molar-refractivity contribution >= 4 is 17.0 Å². The van der Waals surface area contributed by atoms with Gasteiger partial charge in [-0.2, -0.15) is 13.2 Å². The molecular weight excluding hydrogens is 319 g/mol. The molecule has 0 spiro atoms. The summed E-state index contributed by atoms with van der Waals surface area (Å²) in [4.78, 5) is 11.8. The van der Waals surface area contributed by atoms with Gasteiger partial charge in [0.25, 0.3) is 0 Å². The number of hydrogen-bond acceptors (Lipinski definition) is 3. The van der Waals surface area contributed by atoms with E-state index in [1.54, 1.807) is 27.7 Å². The van der Waals surface area contributed by atoms with Crippen LogP contribution in [0.25, 0.3) is 0 Å². The molecule has 0 aliphatic heterocycles. The first-order valence-corrected chi connectivity index (χ1v) is 8.32. The van der Waals surface area contributed by atoms with Crippen LogP contribution < -0.4 is 4.72 Å². The zero-order valence-corrected chi connectivity index (χ0v) is 14.7. The van der Waals surface area contributed by atoms with Gasteiger partial charge in [-0.3, -0.25) is 4.79 Å². The summed E-state index contributed by atoms with van der Waals surface area (Å²) in [6.07, 6.45) is -4.05. The van der Waals surface area contributed by atoms with Crippen LogP contribution >= 0.6 is 0 Å². The molecule has 132 valence electrons. The molecule has 0 aromatic carbocycles. The maximum absolute atomic E-state index is 13.4. The van der Waals surface area contributed by atoms with Gasteiger partial charge in [0.2, 0.25) is 0 Å². The Bertz CT molecular complexity index is 394. The zero-order chi connectivity index (χ0) is 17.7.